The third kappa shape index (κ3) is 7.04. The van der Waals surface area contributed by atoms with Gasteiger partial charge in [-0.1, -0.05) is 34.9 Å². The van der Waals surface area contributed by atoms with E-state index in [-0.39, 0.29) is 0 Å². The van der Waals surface area contributed by atoms with Crippen LogP contribution in [-0.2, 0) is 4.79 Å². The molecule has 0 aromatic heterocycles. The van der Waals surface area contributed by atoms with E-state index in [9.17, 15) is 4.79 Å². The highest BCUT2D eigenvalue weighted by Gasteiger charge is 2.04. The van der Waals surface area contributed by atoms with Gasteiger partial charge in [-0.2, -0.15) is 0 Å². The molecule has 3 heteroatoms. The van der Waals surface area contributed by atoms with Gasteiger partial charge in [-0.3, -0.25) is 0 Å². The van der Waals surface area contributed by atoms with E-state index in [1.54, 1.807) is 0 Å². The molecule has 0 saturated heterocycles. The summed E-state index contributed by atoms with van der Waals surface area (Å²) < 4.78 is 0. The van der Waals surface area contributed by atoms with Crippen molar-refractivity contribution >= 4 is 27.9 Å². The first-order valence-electron chi connectivity index (χ1n) is 4.48. The summed E-state index contributed by atoms with van der Waals surface area (Å²) in [6.07, 6.45) is 8.64. The Bertz CT molecular complexity index is 107. The molecule has 0 fully saturated rings. The molecular formula is C9H18OS2. The summed E-state index contributed by atoms with van der Waals surface area (Å²) in [4.78, 5) is 10.0. The molecule has 0 spiro atoms. The van der Waals surface area contributed by atoms with Crippen molar-refractivity contribution in [1.82, 2.24) is 0 Å². The first-order valence-corrected chi connectivity index (χ1v) is 7.10. The van der Waals surface area contributed by atoms with Gasteiger partial charge < -0.3 is 4.79 Å². The summed E-state index contributed by atoms with van der Waals surface area (Å²) in [6.45, 7) is 2.23. The minimum Gasteiger partial charge on any atom is -0.303 e. The molecule has 0 aliphatic carbocycles. The Morgan fingerprint density at radius 1 is 1.42 bits per heavy atom. The van der Waals surface area contributed by atoms with Gasteiger partial charge in [-0.15, -0.1) is 0 Å². The summed E-state index contributed by atoms with van der Waals surface area (Å²) in [5.41, 5.74) is 0. The molecule has 1 nitrogen and oxygen atoms in total. The summed E-state index contributed by atoms with van der Waals surface area (Å²) in [6, 6.07) is 0. The topological polar surface area (TPSA) is 17.1 Å². The number of rotatable bonds is 8. The van der Waals surface area contributed by atoms with Crippen molar-refractivity contribution in [2.24, 2.45) is 0 Å². The molecule has 0 heterocycles. The van der Waals surface area contributed by atoms with Crippen LogP contribution in [0.5, 0.6) is 0 Å². The predicted octanol–water partition coefficient (Wildman–Crippen LogP) is 3.54. The van der Waals surface area contributed by atoms with Crippen molar-refractivity contribution in [3.63, 3.8) is 0 Å². The van der Waals surface area contributed by atoms with Crippen molar-refractivity contribution < 1.29 is 4.79 Å². The second-order valence-electron chi connectivity index (χ2n) is 2.74. The van der Waals surface area contributed by atoms with Crippen molar-refractivity contribution in [3.8, 4) is 0 Å². The molecule has 1 atom stereocenters. The van der Waals surface area contributed by atoms with E-state index in [4.69, 9.17) is 0 Å². The van der Waals surface area contributed by atoms with E-state index < -0.39 is 0 Å². The number of unbranched alkanes of at least 4 members (excludes halogenated alkanes) is 2. The molecule has 1 unspecified atom stereocenters. The van der Waals surface area contributed by atoms with Crippen molar-refractivity contribution in [3.05, 3.63) is 0 Å². The molecule has 0 bridgehead atoms. The molecule has 0 aliphatic heterocycles. The minimum atomic E-state index is 0.736. The number of carbonyl (C=O) groups excluding carboxylic acids is 1. The highest BCUT2D eigenvalue weighted by atomic mass is 33.1. The molecule has 0 radical (unpaired) electrons. The standard InChI is InChI=1S/C9H18OS2/c1-3-9(12-11-2)7-5-4-6-8-10/h8-9H,3-7H2,1-2H3. The molecule has 0 N–H and O–H groups in total. The van der Waals surface area contributed by atoms with E-state index in [0.717, 1.165) is 24.4 Å². The maximum Gasteiger partial charge on any atom is 0.119 e. The van der Waals surface area contributed by atoms with Crippen LogP contribution in [-0.4, -0.2) is 17.8 Å². The quantitative estimate of drug-likeness (QED) is 0.343. The largest absolute Gasteiger partial charge is 0.303 e. The number of hydrogen-bond acceptors (Lipinski definition) is 3. The highest BCUT2D eigenvalue weighted by molar-refractivity contribution is 8.76. The smallest absolute Gasteiger partial charge is 0.119 e. The van der Waals surface area contributed by atoms with Crippen LogP contribution in [0, 0.1) is 0 Å². The number of hydrogen-bond donors (Lipinski definition) is 0. The van der Waals surface area contributed by atoms with Gasteiger partial charge in [0.15, 0.2) is 0 Å². The highest BCUT2D eigenvalue weighted by Crippen LogP contribution is 2.29. The van der Waals surface area contributed by atoms with Gasteiger partial charge in [0.2, 0.25) is 0 Å². The third-order valence-electron chi connectivity index (χ3n) is 1.79. The van der Waals surface area contributed by atoms with Crippen LogP contribution in [0.25, 0.3) is 0 Å². The SMILES string of the molecule is CCC(CCCCC=O)SSC. The molecule has 72 valence electrons. The number of aldehydes is 1. The Balaban J connectivity index is 3.24. The molecule has 0 aromatic carbocycles. The third-order valence-corrected chi connectivity index (χ3v) is 4.21. The van der Waals surface area contributed by atoms with Gasteiger partial charge in [0.1, 0.15) is 6.29 Å². The van der Waals surface area contributed by atoms with Gasteiger partial charge >= 0.3 is 0 Å². The average Bonchev–Trinajstić information content (AvgIpc) is 2.10. The molecule has 0 aromatic rings. The first-order chi connectivity index (χ1) is 5.85. The van der Waals surface area contributed by atoms with E-state index in [0.29, 0.717) is 0 Å². The molecule has 0 rings (SSSR count). The zero-order valence-electron chi connectivity index (χ0n) is 7.91. The van der Waals surface area contributed by atoms with Gasteiger partial charge in [-0.05, 0) is 25.5 Å². The fourth-order valence-electron chi connectivity index (χ4n) is 1.06. The Hall–Kier alpha value is 0.370. The second-order valence-corrected chi connectivity index (χ2v) is 5.51. The normalized spacial score (nSPS) is 12.8. The average molecular weight is 206 g/mol. The van der Waals surface area contributed by atoms with Crippen LogP contribution in [0.15, 0.2) is 0 Å². The molecule has 0 amide bonds. The van der Waals surface area contributed by atoms with Gasteiger partial charge in [-0.25, -0.2) is 0 Å². The van der Waals surface area contributed by atoms with Gasteiger partial charge in [0.25, 0.3) is 0 Å². The lowest BCUT2D eigenvalue weighted by molar-refractivity contribution is -0.107. The maximum absolute atomic E-state index is 10.0. The Labute approximate surface area is 83.5 Å². The lowest BCUT2D eigenvalue weighted by Crippen LogP contribution is -1.98. The molecule has 0 aliphatic rings. The van der Waals surface area contributed by atoms with Crippen LogP contribution in [0.2, 0.25) is 0 Å². The second kappa shape index (κ2) is 9.46. The fourth-order valence-corrected chi connectivity index (χ4v) is 3.24. The van der Waals surface area contributed by atoms with E-state index in [1.165, 1.54) is 19.3 Å². The van der Waals surface area contributed by atoms with Crippen molar-refractivity contribution in [2.75, 3.05) is 6.26 Å². The van der Waals surface area contributed by atoms with E-state index in [1.807, 2.05) is 21.6 Å². The van der Waals surface area contributed by atoms with Crippen LogP contribution in [0.3, 0.4) is 0 Å². The van der Waals surface area contributed by atoms with Crippen LogP contribution in [0.4, 0.5) is 0 Å². The minimum absolute atomic E-state index is 0.736. The molecule has 0 saturated carbocycles. The summed E-state index contributed by atoms with van der Waals surface area (Å²) in [5.74, 6) is 0. The fraction of sp³-hybridized carbons (Fsp3) is 0.889. The lowest BCUT2D eigenvalue weighted by atomic mass is 10.1. The Kier molecular flexibility index (Phi) is 9.75. The van der Waals surface area contributed by atoms with E-state index >= 15 is 0 Å². The van der Waals surface area contributed by atoms with Crippen LogP contribution in [0.1, 0.15) is 39.0 Å². The van der Waals surface area contributed by atoms with Gasteiger partial charge in [0.05, 0.1) is 0 Å². The molecule has 12 heavy (non-hydrogen) atoms. The van der Waals surface area contributed by atoms with Crippen LogP contribution < -0.4 is 0 Å². The molecular weight excluding hydrogens is 188 g/mol. The zero-order chi connectivity index (χ0) is 9.23. The first kappa shape index (κ1) is 12.4. The summed E-state index contributed by atoms with van der Waals surface area (Å²) in [5, 5.41) is 0.784. The lowest BCUT2D eigenvalue weighted by Gasteiger charge is -2.11. The van der Waals surface area contributed by atoms with Crippen LogP contribution >= 0.6 is 21.6 Å². The maximum atomic E-state index is 10.0. The predicted molar refractivity (Wildman–Crippen MR) is 59.7 cm³/mol. The monoisotopic (exact) mass is 206 g/mol. The van der Waals surface area contributed by atoms with Gasteiger partial charge in [0, 0.05) is 11.7 Å². The van der Waals surface area contributed by atoms with Crippen molar-refractivity contribution in [1.29, 1.82) is 0 Å². The Morgan fingerprint density at radius 3 is 2.67 bits per heavy atom. The Morgan fingerprint density at radius 2 is 2.17 bits per heavy atom. The summed E-state index contributed by atoms with van der Waals surface area (Å²) in [7, 11) is 3.81. The van der Waals surface area contributed by atoms with E-state index in [2.05, 4.69) is 13.2 Å². The number of carbonyl (C=O) groups is 1. The van der Waals surface area contributed by atoms with Crippen molar-refractivity contribution in [2.45, 2.75) is 44.3 Å². The zero-order valence-corrected chi connectivity index (χ0v) is 9.55. The summed E-state index contributed by atoms with van der Waals surface area (Å²) >= 11 is 0.